The Labute approximate surface area is 72.8 Å². The SMILES string of the molecule is CC(C)(C)N(O)C(C)(C)C(=O)O. The quantitative estimate of drug-likeness (QED) is 0.622. The van der Waals surface area contributed by atoms with Crippen molar-refractivity contribution in [3.05, 3.63) is 0 Å². The summed E-state index contributed by atoms with van der Waals surface area (Å²) in [5.74, 6) is -1.04. The van der Waals surface area contributed by atoms with Gasteiger partial charge in [0.05, 0.1) is 0 Å². The molecule has 72 valence electrons. The average Bonchev–Trinajstić information content (AvgIpc) is 1.83. The summed E-state index contributed by atoms with van der Waals surface area (Å²) in [6, 6.07) is 0. The first kappa shape index (κ1) is 11.4. The van der Waals surface area contributed by atoms with Gasteiger partial charge in [-0.1, -0.05) is 0 Å². The third-order valence-corrected chi connectivity index (χ3v) is 1.69. The number of nitrogens with zero attached hydrogens (tertiary/aromatic N) is 1. The summed E-state index contributed by atoms with van der Waals surface area (Å²) >= 11 is 0. The first-order chi connectivity index (χ1) is 5.10. The number of hydroxylamine groups is 2. The van der Waals surface area contributed by atoms with Crippen LogP contribution in [0.4, 0.5) is 0 Å². The number of hydrogen-bond acceptors (Lipinski definition) is 3. The van der Waals surface area contributed by atoms with Crippen LogP contribution in [0.25, 0.3) is 0 Å². The highest BCUT2D eigenvalue weighted by Gasteiger charge is 2.40. The summed E-state index contributed by atoms with van der Waals surface area (Å²) in [5, 5.41) is 19.2. The molecule has 2 N–H and O–H groups in total. The van der Waals surface area contributed by atoms with Crippen molar-refractivity contribution in [1.29, 1.82) is 0 Å². The van der Waals surface area contributed by atoms with Crippen LogP contribution in [0.2, 0.25) is 0 Å². The molecule has 0 aliphatic carbocycles. The van der Waals surface area contributed by atoms with Gasteiger partial charge in [-0.05, 0) is 34.6 Å². The molecule has 0 heterocycles. The lowest BCUT2D eigenvalue weighted by atomic mass is 9.98. The maximum atomic E-state index is 10.7. The highest BCUT2D eigenvalue weighted by Crippen LogP contribution is 2.22. The molecule has 0 fully saturated rings. The summed E-state index contributed by atoms with van der Waals surface area (Å²) in [4.78, 5) is 10.7. The Morgan fingerprint density at radius 1 is 1.17 bits per heavy atom. The zero-order valence-corrected chi connectivity index (χ0v) is 8.25. The summed E-state index contributed by atoms with van der Waals surface area (Å²) in [7, 11) is 0. The summed E-state index contributed by atoms with van der Waals surface area (Å²) in [6.45, 7) is 8.16. The molecule has 0 bridgehead atoms. The van der Waals surface area contributed by atoms with Crippen LogP contribution in [0, 0.1) is 0 Å². The van der Waals surface area contributed by atoms with E-state index in [1.165, 1.54) is 13.8 Å². The molecule has 0 aliphatic heterocycles. The molecular formula is C8H17NO3. The Kier molecular flexibility index (Phi) is 2.88. The Balaban J connectivity index is 4.69. The molecule has 4 heteroatoms. The highest BCUT2D eigenvalue weighted by atomic mass is 16.5. The smallest absolute Gasteiger partial charge is 0.325 e. The van der Waals surface area contributed by atoms with Crippen molar-refractivity contribution < 1.29 is 15.1 Å². The summed E-state index contributed by atoms with van der Waals surface area (Å²) < 4.78 is 0. The summed E-state index contributed by atoms with van der Waals surface area (Å²) in [5.41, 5.74) is -1.82. The molecule has 0 saturated heterocycles. The molecule has 0 aromatic carbocycles. The lowest BCUT2D eigenvalue weighted by molar-refractivity contribution is -0.225. The molecule has 4 nitrogen and oxygen atoms in total. The molecule has 0 spiro atoms. The number of aliphatic carboxylic acids is 1. The molecule has 0 aromatic heterocycles. The fraction of sp³-hybridized carbons (Fsp3) is 0.875. The first-order valence-electron chi connectivity index (χ1n) is 3.82. The van der Waals surface area contributed by atoms with Crippen LogP contribution in [-0.4, -0.2) is 32.4 Å². The minimum absolute atomic E-state index is 0.568. The molecule has 0 saturated carbocycles. The normalized spacial score (nSPS) is 13.6. The van der Waals surface area contributed by atoms with Gasteiger partial charge in [-0.2, -0.15) is 5.06 Å². The van der Waals surface area contributed by atoms with Gasteiger partial charge in [-0.25, -0.2) is 0 Å². The first-order valence-corrected chi connectivity index (χ1v) is 3.82. The van der Waals surface area contributed by atoms with E-state index in [-0.39, 0.29) is 0 Å². The number of carboxylic acids is 1. The minimum Gasteiger partial charge on any atom is -0.480 e. The number of carbonyl (C=O) groups is 1. The second-order valence-corrected chi connectivity index (χ2v) is 4.35. The molecule has 0 atom stereocenters. The maximum Gasteiger partial charge on any atom is 0.325 e. The van der Waals surface area contributed by atoms with Crippen molar-refractivity contribution in [2.75, 3.05) is 0 Å². The van der Waals surface area contributed by atoms with E-state index in [0.717, 1.165) is 5.06 Å². The molecule has 0 aliphatic rings. The maximum absolute atomic E-state index is 10.7. The van der Waals surface area contributed by atoms with Gasteiger partial charge in [0.2, 0.25) is 0 Å². The van der Waals surface area contributed by atoms with Crippen LogP contribution in [-0.2, 0) is 4.79 Å². The Morgan fingerprint density at radius 2 is 1.50 bits per heavy atom. The zero-order chi connectivity index (χ0) is 10.2. The number of rotatable bonds is 2. The standard InChI is InChI=1S/C8H17NO3/c1-7(2,3)9(12)8(4,5)6(10)11/h12H,1-5H3,(H,10,11). The molecule has 0 radical (unpaired) electrons. The number of carboxylic acid groups (broad SMARTS) is 1. The van der Waals surface area contributed by atoms with Crippen LogP contribution in [0.5, 0.6) is 0 Å². The third-order valence-electron chi connectivity index (χ3n) is 1.69. The third kappa shape index (κ3) is 2.19. The van der Waals surface area contributed by atoms with E-state index in [1.807, 2.05) is 0 Å². The lowest BCUT2D eigenvalue weighted by Gasteiger charge is -2.39. The number of hydrogen-bond donors (Lipinski definition) is 2. The predicted octanol–water partition coefficient (Wildman–Crippen LogP) is 1.34. The van der Waals surface area contributed by atoms with E-state index in [0.29, 0.717) is 0 Å². The van der Waals surface area contributed by atoms with Crippen molar-refractivity contribution in [2.24, 2.45) is 0 Å². The van der Waals surface area contributed by atoms with Gasteiger partial charge in [-0.3, -0.25) is 4.79 Å². The molecule has 0 unspecified atom stereocenters. The van der Waals surface area contributed by atoms with Crippen molar-refractivity contribution in [2.45, 2.75) is 45.7 Å². The topological polar surface area (TPSA) is 60.8 Å². The molecule has 12 heavy (non-hydrogen) atoms. The molecule has 0 aromatic rings. The fourth-order valence-electron chi connectivity index (χ4n) is 0.929. The second kappa shape index (κ2) is 3.03. The summed E-state index contributed by atoms with van der Waals surface area (Å²) in [6.07, 6.45) is 0. The van der Waals surface area contributed by atoms with Gasteiger partial charge >= 0.3 is 5.97 Å². The van der Waals surface area contributed by atoms with Gasteiger partial charge in [-0.15, -0.1) is 0 Å². The van der Waals surface area contributed by atoms with E-state index >= 15 is 0 Å². The Morgan fingerprint density at radius 3 is 1.58 bits per heavy atom. The largest absolute Gasteiger partial charge is 0.480 e. The molecule has 0 rings (SSSR count). The van der Waals surface area contributed by atoms with Crippen molar-refractivity contribution in [3.63, 3.8) is 0 Å². The lowest BCUT2D eigenvalue weighted by Crippen LogP contribution is -2.56. The van der Waals surface area contributed by atoms with Gasteiger partial charge < -0.3 is 10.3 Å². The van der Waals surface area contributed by atoms with E-state index in [1.54, 1.807) is 20.8 Å². The minimum atomic E-state index is -1.25. The van der Waals surface area contributed by atoms with E-state index in [2.05, 4.69) is 0 Å². The molecular weight excluding hydrogens is 158 g/mol. The Hall–Kier alpha value is -0.610. The monoisotopic (exact) mass is 175 g/mol. The Bertz CT molecular complexity index is 181. The fourth-order valence-corrected chi connectivity index (χ4v) is 0.929. The van der Waals surface area contributed by atoms with Crippen LogP contribution < -0.4 is 0 Å². The van der Waals surface area contributed by atoms with Crippen LogP contribution in [0.1, 0.15) is 34.6 Å². The van der Waals surface area contributed by atoms with Crippen molar-refractivity contribution in [3.8, 4) is 0 Å². The average molecular weight is 175 g/mol. The van der Waals surface area contributed by atoms with Gasteiger partial charge in [0.25, 0.3) is 0 Å². The van der Waals surface area contributed by atoms with Crippen LogP contribution >= 0.6 is 0 Å². The van der Waals surface area contributed by atoms with Gasteiger partial charge in [0.15, 0.2) is 0 Å². The second-order valence-electron chi connectivity index (χ2n) is 4.35. The van der Waals surface area contributed by atoms with E-state index in [4.69, 9.17) is 5.11 Å². The predicted molar refractivity (Wildman–Crippen MR) is 45.1 cm³/mol. The highest BCUT2D eigenvalue weighted by molar-refractivity contribution is 5.77. The molecule has 0 amide bonds. The van der Waals surface area contributed by atoms with Gasteiger partial charge in [0.1, 0.15) is 5.54 Å². The van der Waals surface area contributed by atoms with Crippen molar-refractivity contribution in [1.82, 2.24) is 5.06 Å². The van der Waals surface area contributed by atoms with Crippen LogP contribution in [0.15, 0.2) is 0 Å². The van der Waals surface area contributed by atoms with Crippen LogP contribution in [0.3, 0.4) is 0 Å². The van der Waals surface area contributed by atoms with Gasteiger partial charge in [0, 0.05) is 5.54 Å². The zero-order valence-electron chi connectivity index (χ0n) is 8.25. The van der Waals surface area contributed by atoms with Crippen molar-refractivity contribution >= 4 is 5.97 Å². The van der Waals surface area contributed by atoms with E-state index in [9.17, 15) is 10.0 Å². The van der Waals surface area contributed by atoms with E-state index < -0.39 is 17.0 Å².